The molecule has 0 aromatic rings. The van der Waals surface area contributed by atoms with Crippen LogP contribution in [0.25, 0.3) is 0 Å². The van der Waals surface area contributed by atoms with E-state index in [0.717, 1.165) is 36.8 Å². The van der Waals surface area contributed by atoms with Crippen LogP contribution in [-0.4, -0.2) is 25.2 Å². The average Bonchev–Trinajstić information content (AvgIpc) is 2.53. The number of allylic oxidation sites excluding steroid dienone is 6. The zero-order valence-corrected chi connectivity index (χ0v) is 17.2. The van der Waals surface area contributed by atoms with Crippen LogP contribution in [0.1, 0.15) is 67.2 Å². The lowest BCUT2D eigenvalue weighted by Gasteiger charge is -2.04. The molecule has 0 atom stereocenters. The summed E-state index contributed by atoms with van der Waals surface area (Å²) in [5.41, 5.74) is 4.82. The molecule has 0 heterocycles. The molecule has 0 aliphatic carbocycles. The Balaban J connectivity index is 4.07. The molecule has 0 amide bonds. The molecule has 0 aliphatic rings. The van der Waals surface area contributed by atoms with Crippen LogP contribution in [0.15, 0.2) is 46.6 Å². The van der Waals surface area contributed by atoms with Gasteiger partial charge in [0.1, 0.15) is 13.2 Å². The smallest absolute Gasteiger partial charge is 0.417 e. The number of hydrogen-bond donors (Lipinski definition) is 0. The van der Waals surface area contributed by atoms with E-state index >= 15 is 0 Å². The van der Waals surface area contributed by atoms with Crippen LogP contribution in [0.4, 0.5) is 0 Å². The highest BCUT2D eigenvalue weighted by atomic mass is 16.6. The Bertz CT molecular complexity index is 517. The zero-order chi connectivity index (χ0) is 19.9. The highest BCUT2D eigenvalue weighted by molar-refractivity contribution is 6.29. The van der Waals surface area contributed by atoms with Gasteiger partial charge in [-0.1, -0.05) is 34.4 Å². The SMILES string of the molecule is CC(C)=CCC/C(C)=C/COC(=O)C(=O)OC/C=C(\C)CCC=C(C)C. The standard InChI is InChI=1S/C22H34O4/c1-17(2)9-7-11-19(5)13-15-25-21(23)22(24)26-16-14-20(6)12-8-10-18(3)4/h9-10,13-14H,7-8,11-12,15-16H2,1-6H3/b19-13+,20-14+. The molecular formula is C22H34O4. The zero-order valence-electron chi connectivity index (χ0n) is 17.2. The van der Waals surface area contributed by atoms with Crippen molar-refractivity contribution in [2.45, 2.75) is 67.2 Å². The molecule has 4 nitrogen and oxygen atoms in total. The molecule has 0 bridgehead atoms. The Kier molecular flexibility index (Phi) is 13.0. The van der Waals surface area contributed by atoms with Gasteiger partial charge in [0.15, 0.2) is 0 Å². The minimum Gasteiger partial charge on any atom is -0.453 e. The highest BCUT2D eigenvalue weighted by Gasteiger charge is 2.15. The number of hydrogen-bond acceptors (Lipinski definition) is 4. The number of rotatable bonds is 10. The van der Waals surface area contributed by atoms with Gasteiger partial charge in [0.05, 0.1) is 0 Å². The summed E-state index contributed by atoms with van der Waals surface area (Å²) in [6.45, 7) is 12.4. The summed E-state index contributed by atoms with van der Waals surface area (Å²) in [6, 6.07) is 0. The second-order valence-corrected chi connectivity index (χ2v) is 6.94. The first-order chi connectivity index (χ1) is 12.2. The van der Waals surface area contributed by atoms with Crippen molar-refractivity contribution in [3.05, 3.63) is 46.6 Å². The second-order valence-electron chi connectivity index (χ2n) is 6.94. The quantitative estimate of drug-likeness (QED) is 0.294. The third kappa shape index (κ3) is 14.3. The molecule has 0 fully saturated rings. The van der Waals surface area contributed by atoms with E-state index in [2.05, 4.69) is 39.8 Å². The molecule has 0 radical (unpaired) electrons. The molecule has 0 aliphatic heterocycles. The van der Waals surface area contributed by atoms with Crippen LogP contribution >= 0.6 is 0 Å². The maximum absolute atomic E-state index is 11.6. The Hall–Kier alpha value is -2.10. The lowest BCUT2D eigenvalue weighted by molar-refractivity contribution is -0.166. The average molecular weight is 363 g/mol. The minimum absolute atomic E-state index is 0.0894. The van der Waals surface area contributed by atoms with Gasteiger partial charge in [0, 0.05) is 0 Å². The van der Waals surface area contributed by atoms with Crippen molar-refractivity contribution >= 4 is 11.9 Å². The first kappa shape index (κ1) is 23.9. The number of carbonyl (C=O) groups is 2. The Labute approximate surface area is 158 Å². The van der Waals surface area contributed by atoms with E-state index < -0.39 is 11.9 Å². The minimum atomic E-state index is -0.950. The van der Waals surface area contributed by atoms with Crippen LogP contribution in [0, 0.1) is 0 Å². The Morgan fingerprint density at radius 3 is 1.27 bits per heavy atom. The molecule has 0 saturated carbocycles. The maximum Gasteiger partial charge on any atom is 0.417 e. The van der Waals surface area contributed by atoms with Gasteiger partial charge in [-0.15, -0.1) is 0 Å². The van der Waals surface area contributed by atoms with Crippen molar-refractivity contribution in [2.24, 2.45) is 0 Å². The van der Waals surface area contributed by atoms with Crippen LogP contribution in [0.5, 0.6) is 0 Å². The van der Waals surface area contributed by atoms with Gasteiger partial charge in [0.25, 0.3) is 0 Å². The maximum atomic E-state index is 11.6. The topological polar surface area (TPSA) is 52.6 Å². The summed E-state index contributed by atoms with van der Waals surface area (Å²) in [4.78, 5) is 23.2. The van der Waals surface area contributed by atoms with Gasteiger partial charge in [-0.3, -0.25) is 0 Å². The van der Waals surface area contributed by atoms with E-state index in [1.54, 1.807) is 0 Å². The van der Waals surface area contributed by atoms with E-state index in [4.69, 9.17) is 9.47 Å². The molecule has 146 valence electrons. The van der Waals surface area contributed by atoms with Crippen molar-refractivity contribution in [3.63, 3.8) is 0 Å². The third-order valence-electron chi connectivity index (χ3n) is 3.64. The fourth-order valence-electron chi connectivity index (χ4n) is 2.02. The predicted octanol–water partition coefficient (Wildman–Crippen LogP) is 5.46. The fourth-order valence-corrected chi connectivity index (χ4v) is 2.02. The molecule has 0 unspecified atom stereocenters. The Morgan fingerprint density at radius 1 is 0.615 bits per heavy atom. The summed E-state index contributed by atoms with van der Waals surface area (Å²) in [6.07, 6.45) is 11.7. The van der Waals surface area contributed by atoms with Gasteiger partial charge in [-0.05, 0) is 79.4 Å². The van der Waals surface area contributed by atoms with Crippen molar-refractivity contribution < 1.29 is 19.1 Å². The molecule has 0 spiro atoms. The summed E-state index contributed by atoms with van der Waals surface area (Å²) in [7, 11) is 0. The molecule has 0 aromatic carbocycles. The van der Waals surface area contributed by atoms with Gasteiger partial charge in [0.2, 0.25) is 0 Å². The molecule has 4 heteroatoms. The lowest BCUT2D eigenvalue weighted by Crippen LogP contribution is -2.20. The summed E-state index contributed by atoms with van der Waals surface area (Å²) < 4.78 is 9.83. The van der Waals surface area contributed by atoms with Gasteiger partial charge < -0.3 is 9.47 Å². The molecular weight excluding hydrogens is 328 g/mol. The van der Waals surface area contributed by atoms with E-state index in [0.29, 0.717) is 0 Å². The summed E-state index contributed by atoms with van der Waals surface area (Å²) in [5, 5.41) is 0. The first-order valence-corrected chi connectivity index (χ1v) is 9.14. The fraction of sp³-hybridized carbons (Fsp3) is 0.545. The highest BCUT2D eigenvalue weighted by Crippen LogP contribution is 2.07. The third-order valence-corrected chi connectivity index (χ3v) is 3.64. The predicted molar refractivity (Wildman–Crippen MR) is 107 cm³/mol. The van der Waals surface area contributed by atoms with Gasteiger partial charge in [-0.2, -0.15) is 0 Å². The van der Waals surface area contributed by atoms with Crippen molar-refractivity contribution in [3.8, 4) is 0 Å². The number of carbonyl (C=O) groups excluding carboxylic acids is 2. The Morgan fingerprint density at radius 2 is 0.962 bits per heavy atom. The van der Waals surface area contributed by atoms with E-state index in [-0.39, 0.29) is 13.2 Å². The number of esters is 2. The summed E-state index contributed by atoms with van der Waals surface area (Å²) >= 11 is 0. The summed E-state index contributed by atoms with van der Waals surface area (Å²) in [5.74, 6) is -1.90. The van der Waals surface area contributed by atoms with Gasteiger partial charge in [-0.25, -0.2) is 9.59 Å². The molecule has 0 saturated heterocycles. The van der Waals surface area contributed by atoms with Crippen LogP contribution in [0.3, 0.4) is 0 Å². The van der Waals surface area contributed by atoms with Crippen LogP contribution in [-0.2, 0) is 19.1 Å². The molecule has 0 aromatic heterocycles. The van der Waals surface area contributed by atoms with E-state index in [1.807, 2.05) is 26.0 Å². The molecule has 26 heavy (non-hydrogen) atoms. The molecule has 0 rings (SSSR count). The van der Waals surface area contributed by atoms with Crippen molar-refractivity contribution in [1.29, 1.82) is 0 Å². The van der Waals surface area contributed by atoms with Crippen molar-refractivity contribution in [2.75, 3.05) is 13.2 Å². The first-order valence-electron chi connectivity index (χ1n) is 9.14. The van der Waals surface area contributed by atoms with E-state index in [9.17, 15) is 9.59 Å². The van der Waals surface area contributed by atoms with Crippen molar-refractivity contribution in [1.82, 2.24) is 0 Å². The monoisotopic (exact) mass is 362 g/mol. The van der Waals surface area contributed by atoms with Crippen LogP contribution in [0.2, 0.25) is 0 Å². The second kappa shape index (κ2) is 14.1. The molecule has 0 N–H and O–H groups in total. The van der Waals surface area contributed by atoms with E-state index in [1.165, 1.54) is 11.1 Å². The normalized spacial score (nSPS) is 11.6. The largest absolute Gasteiger partial charge is 0.453 e. The van der Waals surface area contributed by atoms with Gasteiger partial charge >= 0.3 is 11.9 Å². The van der Waals surface area contributed by atoms with Crippen LogP contribution < -0.4 is 0 Å². The lowest BCUT2D eigenvalue weighted by atomic mass is 10.1. The number of ether oxygens (including phenoxy) is 2.